The third-order valence-electron chi connectivity index (χ3n) is 3.65. The molecule has 3 rings (SSSR count). The minimum atomic E-state index is -0.884. The lowest BCUT2D eigenvalue weighted by Crippen LogP contribution is -1.94. The van der Waals surface area contributed by atoms with Crippen LogP contribution < -0.4 is 10.5 Å². The highest BCUT2D eigenvalue weighted by atomic mass is 16.5. The molecule has 5 heteroatoms. The number of nitrogens with two attached hydrogens (primary N) is 1. The van der Waals surface area contributed by atoms with Crippen molar-refractivity contribution < 1.29 is 19.7 Å². The van der Waals surface area contributed by atoms with Crippen LogP contribution in [0, 0.1) is 6.92 Å². The number of methoxy groups -OCH3 is 1. The smallest absolute Gasteiger partial charge is 0.335 e. The van der Waals surface area contributed by atoms with Crippen molar-refractivity contribution in [3.63, 3.8) is 0 Å². The topological polar surface area (TPSA) is 92.8 Å². The highest BCUT2D eigenvalue weighted by molar-refractivity contribution is 5.94. The van der Waals surface area contributed by atoms with E-state index in [-0.39, 0.29) is 5.75 Å². The van der Waals surface area contributed by atoms with Crippen LogP contribution in [0.3, 0.4) is 0 Å². The summed E-state index contributed by atoms with van der Waals surface area (Å²) in [6, 6.07) is 16.1. The fourth-order valence-electron chi connectivity index (χ4n) is 2.18. The van der Waals surface area contributed by atoms with Gasteiger partial charge in [0, 0.05) is 11.3 Å². The van der Waals surface area contributed by atoms with Crippen LogP contribution in [0.5, 0.6) is 11.5 Å². The van der Waals surface area contributed by atoms with E-state index in [4.69, 9.17) is 15.6 Å². The fourth-order valence-corrected chi connectivity index (χ4v) is 2.18. The van der Waals surface area contributed by atoms with Crippen LogP contribution in [0.15, 0.2) is 54.6 Å². The van der Waals surface area contributed by atoms with Gasteiger partial charge in [-0.25, -0.2) is 4.79 Å². The Labute approximate surface area is 139 Å². The Morgan fingerprint density at radius 2 is 1.71 bits per heavy atom. The van der Waals surface area contributed by atoms with Gasteiger partial charge in [-0.15, -0.1) is 0 Å². The van der Waals surface area contributed by atoms with Gasteiger partial charge in [0.1, 0.15) is 0 Å². The summed E-state index contributed by atoms with van der Waals surface area (Å²) in [4.78, 5) is 10.6. The number of phenolic OH excluding ortho intramolecular Hbond substituents is 1. The van der Waals surface area contributed by atoms with Gasteiger partial charge in [-0.2, -0.15) is 0 Å². The average molecular weight is 325 g/mol. The van der Waals surface area contributed by atoms with Crippen LogP contribution >= 0.6 is 0 Å². The molecule has 0 amide bonds. The van der Waals surface area contributed by atoms with E-state index in [1.807, 2.05) is 30.3 Å². The zero-order valence-electron chi connectivity index (χ0n) is 13.5. The summed E-state index contributed by atoms with van der Waals surface area (Å²) >= 11 is 0. The molecule has 0 spiro atoms. The predicted molar refractivity (Wildman–Crippen MR) is 94.7 cm³/mol. The molecule has 0 saturated heterocycles. The summed E-state index contributed by atoms with van der Waals surface area (Å²) in [5.74, 6) is -0.310. The number of phenols is 1. The minimum Gasteiger partial charge on any atom is -0.504 e. The molecular formula is C19H19NO4. The second-order valence-corrected chi connectivity index (χ2v) is 5.20. The van der Waals surface area contributed by atoms with Gasteiger partial charge in [0.05, 0.1) is 12.7 Å². The first-order valence-electron chi connectivity index (χ1n) is 7.28. The Morgan fingerprint density at radius 3 is 2.33 bits per heavy atom. The van der Waals surface area contributed by atoms with Gasteiger partial charge in [0.15, 0.2) is 11.5 Å². The molecule has 3 aromatic carbocycles. The van der Waals surface area contributed by atoms with Crippen LogP contribution in [-0.2, 0) is 0 Å². The largest absolute Gasteiger partial charge is 0.504 e. The molecule has 0 aliphatic carbocycles. The molecule has 124 valence electrons. The number of anilines is 1. The SMILES string of the molecule is COc1ccc(N)c(C)c1O.O=C(O)c1ccc2ccccc2c1. The minimum absolute atomic E-state index is 0.118. The third kappa shape index (κ3) is 3.76. The van der Waals surface area contributed by atoms with Crippen LogP contribution in [0.4, 0.5) is 5.69 Å². The van der Waals surface area contributed by atoms with Crippen LogP contribution in [0.25, 0.3) is 10.8 Å². The first-order chi connectivity index (χ1) is 11.4. The Morgan fingerprint density at radius 1 is 1.04 bits per heavy atom. The molecule has 24 heavy (non-hydrogen) atoms. The Hall–Kier alpha value is -3.21. The molecule has 0 atom stereocenters. The molecule has 0 heterocycles. The van der Waals surface area contributed by atoms with E-state index in [0.29, 0.717) is 22.6 Å². The highest BCUT2D eigenvalue weighted by Gasteiger charge is 2.05. The summed E-state index contributed by atoms with van der Waals surface area (Å²) in [6.07, 6.45) is 0. The normalized spacial score (nSPS) is 9.92. The standard InChI is InChI=1S/C11H8O2.C8H11NO2/c12-11(13)10-6-5-8-3-1-2-4-9(8)7-10;1-5-6(9)3-4-7(11-2)8(5)10/h1-7H,(H,12,13);3-4,10H,9H2,1-2H3. The lowest BCUT2D eigenvalue weighted by Gasteiger charge is -2.07. The molecule has 0 unspecified atom stereocenters. The number of aromatic carboxylic acids is 1. The van der Waals surface area contributed by atoms with Crippen LogP contribution in [-0.4, -0.2) is 23.3 Å². The number of benzene rings is 3. The summed E-state index contributed by atoms with van der Waals surface area (Å²) in [5.41, 5.74) is 7.09. The van der Waals surface area contributed by atoms with E-state index in [2.05, 4.69) is 0 Å². The van der Waals surface area contributed by atoms with E-state index in [9.17, 15) is 9.90 Å². The summed E-state index contributed by atoms with van der Waals surface area (Å²) in [7, 11) is 1.50. The summed E-state index contributed by atoms with van der Waals surface area (Å²) in [5, 5.41) is 20.1. The molecule has 0 aliphatic rings. The van der Waals surface area contributed by atoms with Crippen molar-refractivity contribution in [3.05, 3.63) is 65.7 Å². The second kappa shape index (κ2) is 7.37. The maximum absolute atomic E-state index is 10.6. The van der Waals surface area contributed by atoms with E-state index in [1.165, 1.54) is 7.11 Å². The summed E-state index contributed by atoms with van der Waals surface area (Å²) in [6.45, 7) is 1.74. The Balaban J connectivity index is 0.000000177. The van der Waals surface area contributed by atoms with Gasteiger partial charge in [0.25, 0.3) is 0 Å². The molecule has 4 N–H and O–H groups in total. The van der Waals surface area contributed by atoms with Gasteiger partial charge in [-0.3, -0.25) is 0 Å². The van der Waals surface area contributed by atoms with Gasteiger partial charge in [0.2, 0.25) is 0 Å². The van der Waals surface area contributed by atoms with Crippen LogP contribution in [0.1, 0.15) is 15.9 Å². The Kier molecular flexibility index (Phi) is 5.27. The summed E-state index contributed by atoms with van der Waals surface area (Å²) < 4.78 is 4.88. The van der Waals surface area contributed by atoms with E-state index in [0.717, 1.165) is 10.8 Å². The molecule has 0 aromatic heterocycles. The first kappa shape index (κ1) is 17.1. The predicted octanol–water partition coefficient (Wildman–Crippen LogP) is 3.83. The lowest BCUT2D eigenvalue weighted by molar-refractivity contribution is 0.0697. The molecule has 0 bridgehead atoms. The highest BCUT2D eigenvalue weighted by Crippen LogP contribution is 2.32. The quantitative estimate of drug-likeness (QED) is 0.623. The lowest BCUT2D eigenvalue weighted by atomic mass is 10.1. The number of ether oxygens (including phenoxy) is 1. The zero-order valence-corrected chi connectivity index (χ0v) is 13.5. The number of carboxylic acid groups (broad SMARTS) is 1. The molecule has 3 aromatic rings. The first-order valence-corrected chi connectivity index (χ1v) is 7.28. The fraction of sp³-hybridized carbons (Fsp3) is 0.105. The number of carboxylic acids is 1. The van der Waals surface area contributed by atoms with E-state index < -0.39 is 5.97 Å². The van der Waals surface area contributed by atoms with Crippen molar-refractivity contribution >= 4 is 22.4 Å². The Bertz CT molecular complexity index is 874. The van der Waals surface area contributed by atoms with Crippen molar-refractivity contribution in [2.45, 2.75) is 6.92 Å². The van der Waals surface area contributed by atoms with Crippen molar-refractivity contribution in [1.29, 1.82) is 0 Å². The molecule has 0 aliphatic heterocycles. The molecular weight excluding hydrogens is 306 g/mol. The number of hydrogen-bond acceptors (Lipinski definition) is 4. The van der Waals surface area contributed by atoms with Gasteiger partial charge in [-0.1, -0.05) is 30.3 Å². The van der Waals surface area contributed by atoms with Gasteiger partial charge < -0.3 is 20.7 Å². The number of fused-ring (bicyclic) bond motifs is 1. The van der Waals surface area contributed by atoms with E-state index in [1.54, 1.807) is 31.2 Å². The van der Waals surface area contributed by atoms with E-state index >= 15 is 0 Å². The number of rotatable bonds is 2. The molecule has 0 fully saturated rings. The van der Waals surface area contributed by atoms with Gasteiger partial charge in [-0.05, 0) is 42.0 Å². The monoisotopic (exact) mass is 325 g/mol. The third-order valence-corrected chi connectivity index (χ3v) is 3.65. The molecule has 0 radical (unpaired) electrons. The molecule has 0 saturated carbocycles. The number of nitrogen functional groups attached to an aromatic ring is 1. The number of hydrogen-bond donors (Lipinski definition) is 3. The van der Waals surface area contributed by atoms with Crippen molar-refractivity contribution in [3.8, 4) is 11.5 Å². The molecule has 5 nitrogen and oxygen atoms in total. The zero-order chi connectivity index (χ0) is 17.7. The van der Waals surface area contributed by atoms with Gasteiger partial charge >= 0.3 is 5.97 Å². The maximum atomic E-state index is 10.6. The van der Waals surface area contributed by atoms with Crippen molar-refractivity contribution in [1.82, 2.24) is 0 Å². The average Bonchev–Trinajstić information content (AvgIpc) is 2.60. The van der Waals surface area contributed by atoms with Crippen LogP contribution in [0.2, 0.25) is 0 Å². The van der Waals surface area contributed by atoms with Crippen molar-refractivity contribution in [2.75, 3.05) is 12.8 Å². The second-order valence-electron chi connectivity index (χ2n) is 5.20. The van der Waals surface area contributed by atoms with Crippen molar-refractivity contribution in [2.24, 2.45) is 0 Å². The number of carbonyl (C=O) groups is 1. The number of aromatic hydroxyl groups is 1. The maximum Gasteiger partial charge on any atom is 0.335 e.